The van der Waals surface area contributed by atoms with Crippen LogP contribution >= 0.6 is 0 Å². The highest BCUT2D eigenvalue weighted by Crippen LogP contribution is 2.46. The fraction of sp³-hybridized carbons (Fsp3) is 0.368. The molecule has 0 radical (unpaired) electrons. The minimum absolute atomic E-state index is 0.142. The molecule has 9 heteroatoms. The van der Waals surface area contributed by atoms with Gasteiger partial charge in [0, 0.05) is 24.7 Å². The molecular formula is C19H19F3N2O4. The molecule has 1 fully saturated rings. The third-order valence-electron chi connectivity index (χ3n) is 5.06. The zero-order chi connectivity index (χ0) is 20.4. The van der Waals surface area contributed by atoms with Crippen molar-refractivity contribution >= 4 is 6.09 Å². The van der Waals surface area contributed by atoms with Gasteiger partial charge >= 0.3 is 12.5 Å². The second kappa shape index (κ2) is 7.67. The van der Waals surface area contributed by atoms with E-state index in [2.05, 4.69) is 9.72 Å². The lowest BCUT2D eigenvalue weighted by atomic mass is 9.68. The Kier molecular flexibility index (Phi) is 5.46. The van der Waals surface area contributed by atoms with Crippen LogP contribution in [0.25, 0.3) is 0 Å². The maximum absolute atomic E-state index is 12.6. The number of aromatic nitrogens is 1. The molecule has 3 rings (SSSR count). The number of rotatable bonds is 4. The molecule has 28 heavy (non-hydrogen) atoms. The third-order valence-corrected chi connectivity index (χ3v) is 5.06. The Balaban J connectivity index is 2.00. The van der Waals surface area contributed by atoms with E-state index in [1.54, 1.807) is 24.3 Å². The van der Waals surface area contributed by atoms with Crippen molar-refractivity contribution in [3.63, 3.8) is 0 Å². The minimum atomic E-state index is -4.84. The van der Waals surface area contributed by atoms with Gasteiger partial charge in [0.15, 0.2) is 0 Å². The standard InChI is InChI=1S/C19H19F3N2O4/c20-19(21,22)28-14-5-3-4-13(12-14)18(7-10-24(11-8-18)17(26)27)16(25)15-6-1-2-9-23-15/h1-6,9,12,16,25H,7-8,10-11H2,(H,26,27). The second-order valence-electron chi connectivity index (χ2n) is 6.66. The summed E-state index contributed by atoms with van der Waals surface area (Å²) in [5, 5.41) is 20.3. The first-order chi connectivity index (χ1) is 13.2. The lowest BCUT2D eigenvalue weighted by molar-refractivity contribution is -0.274. The summed E-state index contributed by atoms with van der Waals surface area (Å²) in [5.41, 5.74) is -0.184. The second-order valence-corrected chi connectivity index (χ2v) is 6.66. The summed E-state index contributed by atoms with van der Waals surface area (Å²) < 4.78 is 41.9. The number of halogens is 3. The number of aliphatic hydroxyl groups is 1. The molecule has 1 saturated heterocycles. The molecule has 1 aliphatic rings. The molecular weight excluding hydrogens is 377 g/mol. The van der Waals surface area contributed by atoms with Crippen LogP contribution in [0.2, 0.25) is 0 Å². The Hall–Kier alpha value is -2.81. The topological polar surface area (TPSA) is 82.9 Å². The third kappa shape index (κ3) is 4.19. The molecule has 1 aromatic heterocycles. The number of aliphatic hydroxyl groups excluding tert-OH is 1. The van der Waals surface area contributed by atoms with E-state index >= 15 is 0 Å². The van der Waals surface area contributed by atoms with Crippen LogP contribution in [-0.2, 0) is 5.41 Å². The van der Waals surface area contributed by atoms with Gasteiger partial charge in [-0.15, -0.1) is 13.2 Å². The highest BCUT2D eigenvalue weighted by Gasteiger charge is 2.45. The van der Waals surface area contributed by atoms with E-state index in [1.165, 1.54) is 29.3 Å². The van der Waals surface area contributed by atoms with Gasteiger partial charge in [-0.05, 0) is 42.7 Å². The first-order valence-electron chi connectivity index (χ1n) is 8.64. The van der Waals surface area contributed by atoms with Crippen molar-refractivity contribution in [3.8, 4) is 5.75 Å². The Morgan fingerprint density at radius 1 is 1.18 bits per heavy atom. The summed E-state index contributed by atoms with van der Waals surface area (Å²) in [6, 6.07) is 10.5. The summed E-state index contributed by atoms with van der Waals surface area (Å²) in [7, 11) is 0. The van der Waals surface area contributed by atoms with Gasteiger partial charge in [0.1, 0.15) is 11.9 Å². The van der Waals surface area contributed by atoms with Crippen LogP contribution in [0.5, 0.6) is 5.75 Å². The van der Waals surface area contributed by atoms with Crippen molar-refractivity contribution < 1.29 is 32.9 Å². The van der Waals surface area contributed by atoms with Gasteiger partial charge < -0.3 is 19.8 Å². The lowest BCUT2D eigenvalue weighted by Gasteiger charge is -2.44. The van der Waals surface area contributed by atoms with Crippen LogP contribution in [0.1, 0.15) is 30.2 Å². The number of hydrogen-bond donors (Lipinski definition) is 2. The summed E-state index contributed by atoms with van der Waals surface area (Å²) in [5.74, 6) is -0.390. The number of alkyl halides is 3. The highest BCUT2D eigenvalue weighted by molar-refractivity contribution is 5.65. The van der Waals surface area contributed by atoms with Crippen molar-refractivity contribution in [1.82, 2.24) is 9.88 Å². The molecule has 2 heterocycles. The largest absolute Gasteiger partial charge is 0.573 e. The minimum Gasteiger partial charge on any atom is -0.465 e. The van der Waals surface area contributed by atoms with Gasteiger partial charge in [0.05, 0.1) is 5.69 Å². The summed E-state index contributed by atoms with van der Waals surface area (Å²) in [6.07, 6.45) is -5.06. The fourth-order valence-corrected chi connectivity index (χ4v) is 3.64. The van der Waals surface area contributed by atoms with Gasteiger partial charge in [-0.25, -0.2) is 4.79 Å². The maximum Gasteiger partial charge on any atom is 0.573 e. The predicted octanol–water partition coefficient (Wildman–Crippen LogP) is 3.73. The molecule has 1 amide bonds. The summed E-state index contributed by atoms with van der Waals surface area (Å²) in [4.78, 5) is 16.6. The molecule has 6 nitrogen and oxygen atoms in total. The number of amides is 1. The first kappa shape index (κ1) is 19.9. The number of carboxylic acid groups (broad SMARTS) is 1. The summed E-state index contributed by atoms with van der Waals surface area (Å²) in [6.45, 7) is 0.285. The van der Waals surface area contributed by atoms with Gasteiger partial charge in [-0.3, -0.25) is 4.98 Å². The van der Waals surface area contributed by atoms with E-state index < -0.39 is 29.7 Å². The monoisotopic (exact) mass is 396 g/mol. The number of ether oxygens (including phenoxy) is 1. The number of likely N-dealkylation sites (tertiary alicyclic amines) is 1. The smallest absolute Gasteiger partial charge is 0.465 e. The van der Waals surface area contributed by atoms with Crippen LogP contribution < -0.4 is 4.74 Å². The quantitative estimate of drug-likeness (QED) is 0.823. The molecule has 1 aromatic carbocycles. The number of benzene rings is 1. The van der Waals surface area contributed by atoms with Gasteiger partial charge in [-0.1, -0.05) is 18.2 Å². The predicted molar refractivity (Wildman–Crippen MR) is 92.8 cm³/mol. The van der Waals surface area contributed by atoms with Crippen LogP contribution in [0, 0.1) is 0 Å². The number of hydrogen-bond acceptors (Lipinski definition) is 4. The van der Waals surface area contributed by atoms with Crippen molar-refractivity contribution in [2.24, 2.45) is 0 Å². The first-order valence-corrected chi connectivity index (χ1v) is 8.64. The molecule has 1 unspecified atom stereocenters. The molecule has 0 saturated carbocycles. The van der Waals surface area contributed by atoms with E-state index in [0.717, 1.165) is 0 Å². The van der Waals surface area contributed by atoms with E-state index in [9.17, 15) is 28.2 Å². The zero-order valence-electron chi connectivity index (χ0n) is 14.8. The van der Waals surface area contributed by atoms with Crippen LogP contribution in [0.15, 0.2) is 48.7 Å². The van der Waals surface area contributed by atoms with Crippen molar-refractivity contribution in [1.29, 1.82) is 0 Å². The normalized spacial score (nSPS) is 17.8. The van der Waals surface area contributed by atoms with Gasteiger partial charge in [0.2, 0.25) is 0 Å². The molecule has 1 aliphatic heterocycles. The highest BCUT2D eigenvalue weighted by atomic mass is 19.4. The Morgan fingerprint density at radius 2 is 1.89 bits per heavy atom. The van der Waals surface area contributed by atoms with Crippen molar-refractivity contribution in [2.75, 3.05) is 13.1 Å². The SMILES string of the molecule is O=C(O)N1CCC(c2cccc(OC(F)(F)F)c2)(C(O)c2ccccn2)CC1. The van der Waals surface area contributed by atoms with E-state index in [1.807, 2.05) is 0 Å². The number of carbonyl (C=O) groups is 1. The maximum atomic E-state index is 12.6. The average molecular weight is 396 g/mol. The van der Waals surface area contributed by atoms with Crippen LogP contribution in [0.3, 0.4) is 0 Å². The van der Waals surface area contributed by atoms with Gasteiger partial charge in [0.25, 0.3) is 0 Å². The fourth-order valence-electron chi connectivity index (χ4n) is 3.64. The van der Waals surface area contributed by atoms with Crippen LogP contribution in [-0.4, -0.2) is 45.6 Å². The molecule has 150 valence electrons. The zero-order valence-corrected chi connectivity index (χ0v) is 14.8. The molecule has 0 spiro atoms. The Bertz CT molecular complexity index is 821. The molecule has 1 atom stereocenters. The van der Waals surface area contributed by atoms with Crippen molar-refractivity contribution in [3.05, 3.63) is 59.9 Å². The Morgan fingerprint density at radius 3 is 2.46 bits per heavy atom. The molecule has 2 N–H and O–H groups in total. The molecule has 0 aliphatic carbocycles. The molecule has 0 bridgehead atoms. The average Bonchev–Trinajstić information content (AvgIpc) is 2.67. The van der Waals surface area contributed by atoms with Crippen molar-refractivity contribution in [2.45, 2.75) is 30.7 Å². The molecule has 2 aromatic rings. The van der Waals surface area contributed by atoms with Crippen LogP contribution in [0.4, 0.5) is 18.0 Å². The lowest BCUT2D eigenvalue weighted by Crippen LogP contribution is -2.47. The van der Waals surface area contributed by atoms with E-state index in [-0.39, 0.29) is 25.9 Å². The van der Waals surface area contributed by atoms with E-state index in [4.69, 9.17) is 0 Å². The Labute approximate surface area is 159 Å². The number of nitrogens with zero attached hydrogens (tertiary/aromatic N) is 2. The number of piperidine rings is 1. The van der Waals surface area contributed by atoms with E-state index in [0.29, 0.717) is 11.3 Å². The number of pyridine rings is 1. The summed E-state index contributed by atoms with van der Waals surface area (Å²) >= 11 is 0. The van der Waals surface area contributed by atoms with Gasteiger partial charge in [-0.2, -0.15) is 0 Å².